The number of fused-ring (bicyclic) bond motifs is 1. The standard InChI is InChI=1S/C17H26N4O3/c1-17(2,24)12-7-5-11(6-8-12)9-21-15(22)13-14(18-10-19(13)3)20(4)16(21)23/h10-12,24H,5-9H2,1-4H3/t11-,12-. The van der Waals surface area contributed by atoms with Crippen molar-refractivity contribution in [2.24, 2.45) is 25.9 Å². The molecule has 0 radical (unpaired) electrons. The largest absolute Gasteiger partial charge is 0.390 e. The molecule has 2 aromatic heterocycles. The van der Waals surface area contributed by atoms with Crippen LogP contribution in [0.5, 0.6) is 0 Å². The molecular weight excluding hydrogens is 308 g/mol. The van der Waals surface area contributed by atoms with Gasteiger partial charge in [-0.2, -0.15) is 0 Å². The maximum atomic E-state index is 12.7. The third kappa shape index (κ3) is 2.81. The maximum Gasteiger partial charge on any atom is 0.332 e. The van der Waals surface area contributed by atoms with Gasteiger partial charge in [-0.3, -0.25) is 13.9 Å². The first-order valence-corrected chi connectivity index (χ1v) is 8.53. The van der Waals surface area contributed by atoms with Crippen molar-refractivity contribution in [3.8, 4) is 0 Å². The van der Waals surface area contributed by atoms with Crippen LogP contribution in [0.2, 0.25) is 0 Å². The molecule has 0 unspecified atom stereocenters. The lowest BCUT2D eigenvalue weighted by atomic mass is 9.75. The molecule has 1 aliphatic carbocycles. The Hall–Kier alpha value is -1.89. The molecule has 1 fully saturated rings. The lowest BCUT2D eigenvalue weighted by Crippen LogP contribution is -2.42. The molecule has 7 nitrogen and oxygen atoms in total. The van der Waals surface area contributed by atoms with Gasteiger partial charge in [0.15, 0.2) is 11.2 Å². The van der Waals surface area contributed by atoms with Gasteiger partial charge in [-0.1, -0.05) is 0 Å². The molecular formula is C17H26N4O3. The number of imidazole rings is 1. The molecule has 0 amide bonds. The van der Waals surface area contributed by atoms with E-state index in [2.05, 4.69) is 4.98 Å². The summed E-state index contributed by atoms with van der Waals surface area (Å²) in [6.07, 6.45) is 5.26. The van der Waals surface area contributed by atoms with Crippen molar-refractivity contribution in [3.05, 3.63) is 27.2 Å². The van der Waals surface area contributed by atoms with Gasteiger partial charge in [0.1, 0.15) is 0 Å². The van der Waals surface area contributed by atoms with Gasteiger partial charge in [-0.15, -0.1) is 0 Å². The minimum absolute atomic E-state index is 0.266. The van der Waals surface area contributed by atoms with Crippen molar-refractivity contribution in [2.75, 3.05) is 0 Å². The number of hydrogen-bond acceptors (Lipinski definition) is 4. The molecule has 24 heavy (non-hydrogen) atoms. The summed E-state index contributed by atoms with van der Waals surface area (Å²) in [6, 6.07) is 0. The molecule has 0 aromatic carbocycles. The van der Waals surface area contributed by atoms with E-state index < -0.39 is 5.60 Å². The van der Waals surface area contributed by atoms with Crippen molar-refractivity contribution in [1.29, 1.82) is 0 Å². The maximum absolute atomic E-state index is 12.7. The highest BCUT2D eigenvalue weighted by Gasteiger charge is 2.31. The first-order chi connectivity index (χ1) is 11.2. The molecule has 2 aromatic rings. The SMILES string of the molecule is Cn1cnc2c1c(=O)n(C[C@H]1CC[C@H](C(C)(C)O)CC1)c(=O)n2C. The molecule has 132 valence electrons. The topological polar surface area (TPSA) is 82.1 Å². The molecule has 3 rings (SSSR count). The predicted octanol–water partition coefficient (Wildman–Crippen LogP) is 1.01. The third-order valence-corrected chi connectivity index (χ3v) is 5.49. The lowest BCUT2D eigenvalue weighted by Gasteiger charge is -2.35. The van der Waals surface area contributed by atoms with Crippen LogP contribution >= 0.6 is 0 Å². The van der Waals surface area contributed by atoms with E-state index in [0.717, 1.165) is 25.7 Å². The molecule has 1 N–H and O–H groups in total. The average molecular weight is 334 g/mol. The Labute approximate surface area is 140 Å². The number of aromatic nitrogens is 4. The molecule has 1 saturated carbocycles. The zero-order valence-electron chi connectivity index (χ0n) is 14.8. The van der Waals surface area contributed by atoms with E-state index in [1.807, 2.05) is 13.8 Å². The Morgan fingerprint density at radius 3 is 2.42 bits per heavy atom. The van der Waals surface area contributed by atoms with Gasteiger partial charge in [-0.25, -0.2) is 9.78 Å². The van der Waals surface area contributed by atoms with Crippen molar-refractivity contribution in [2.45, 2.75) is 51.7 Å². The summed E-state index contributed by atoms with van der Waals surface area (Å²) in [5, 5.41) is 10.2. The second kappa shape index (κ2) is 5.88. The minimum atomic E-state index is -0.661. The van der Waals surface area contributed by atoms with Crippen LogP contribution < -0.4 is 11.2 Å². The van der Waals surface area contributed by atoms with Crippen LogP contribution in [0.4, 0.5) is 0 Å². The van der Waals surface area contributed by atoms with Crippen molar-refractivity contribution in [1.82, 2.24) is 18.7 Å². The van der Waals surface area contributed by atoms with Gasteiger partial charge in [0.2, 0.25) is 0 Å². The Bertz CT molecular complexity index is 861. The predicted molar refractivity (Wildman–Crippen MR) is 92.0 cm³/mol. The van der Waals surface area contributed by atoms with Crippen LogP contribution in [0.3, 0.4) is 0 Å². The van der Waals surface area contributed by atoms with Crippen LogP contribution in [0.15, 0.2) is 15.9 Å². The van der Waals surface area contributed by atoms with Gasteiger partial charge >= 0.3 is 5.69 Å². The summed E-state index contributed by atoms with van der Waals surface area (Å²) in [4.78, 5) is 29.4. The summed E-state index contributed by atoms with van der Waals surface area (Å²) in [5.74, 6) is 0.576. The minimum Gasteiger partial charge on any atom is -0.390 e. The molecule has 2 heterocycles. The first-order valence-electron chi connectivity index (χ1n) is 8.53. The van der Waals surface area contributed by atoms with Crippen LogP contribution in [0.1, 0.15) is 39.5 Å². The Kier molecular flexibility index (Phi) is 4.15. The van der Waals surface area contributed by atoms with Crippen LogP contribution in [0.25, 0.3) is 11.2 Å². The zero-order valence-corrected chi connectivity index (χ0v) is 14.8. The molecule has 0 saturated heterocycles. The second-order valence-electron chi connectivity index (χ2n) is 7.66. The Balaban J connectivity index is 1.88. The first kappa shape index (κ1) is 17.0. The van der Waals surface area contributed by atoms with E-state index in [0.29, 0.717) is 23.6 Å². The molecule has 0 bridgehead atoms. The normalized spacial score (nSPS) is 22.2. The third-order valence-electron chi connectivity index (χ3n) is 5.49. The Morgan fingerprint density at radius 2 is 1.83 bits per heavy atom. The highest BCUT2D eigenvalue weighted by molar-refractivity contribution is 5.69. The molecule has 0 spiro atoms. The lowest BCUT2D eigenvalue weighted by molar-refractivity contribution is -0.00703. The molecule has 0 atom stereocenters. The highest BCUT2D eigenvalue weighted by Crippen LogP contribution is 2.35. The van der Waals surface area contributed by atoms with Gasteiger partial charge in [0.25, 0.3) is 5.56 Å². The number of nitrogens with zero attached hydrogens (tertiary/aromatic N) is 4. The van der Waals surface area contributed by atoms with E-state index in [4.69, 9.17) is 0 Å². The second-order valence-corrected chi connectivity index (χ2v) is 7.66. The summed E-state index contributed by atoms with van der Waals surface area (Å²) < 4.78 is 4.46. The van der Waals surface area contributed by atoms with Gasteiger partial charge in [0, 0.05) is 20.6 Å². The van der Waals surface area contributed by atoms with E-state index >= 15 is 0 Å². The smallest absolute Gasteiger partial charge is 0.332 e. The van der Waals surface area contributed by atoms with Crippen LogP contribution in [-0.2, 0) is 20.6 Å². The fraction of sp³-hybridized carbons (Fsp3) is 0.706. The molecule has 1 aliphatic rings. The van der Waals surface area contributed by atoms with E-state index in [-0.39, 0.29) is 17.2 Å². The highest BCUT2D eigenvalue weighted by atomic mass is 16.3. The quantitative estimate of drug-likeness (QED) is 0.908. The van der Waals surface area contributed by atoms with E-state index in [1.165, 1.54) is 9.13 Å². The monoisotopic (exact) mass is 334 g/mol. The number of hydrogen-bond donors (Lipinski definition) is 1. The van der Waals surface area contributed by atoms with Crippen molar-refractivity contribution in [3.63, 3.8) is 0 Å². The molecule has 7 heteroatoms. The average Bonchev–Trinajstić information content (AvgIpc) is 2.91. The van der Waals surface area contributed by atoms with Gasteiger partial charge < -0.3 is 9.67 Å². The summed E-state index contributed by atoms with van der Waals surface area (Å²) in [6.45, 7) is 4.15. The number of aryl methyl sites for hydroxylation is 2. The molecule has 0 aliphatic heterocycles. The van der Waals surface area contributed by atoms with Crippen LogP contribution in [0, 0.1) is 11.8 Å². The fourth-order valence-electron chi connectivity index (χ4n) is 3.87. The summed E-state index contributed by atoms with van der Waals surface area (Å²) >= 11 is 0. The van der Waals surface area contributed by atoms with E-state index in [1.54, 1.807) is 25.0 Å². The summed E-state index contributed by atoms with van der Waals surface area (Å²) in [5.41, 5.74) is -0.351. The zero-order chi connectivity index (χ0) is 17.6. The van der Waals surface area contributed by atoms with E-state index in [9.17, 15) is 14.7 Å². The van der Waals surface area contributed by atoms with Gasteiger partial charge in [0.05, 0.1) is 11.9 Å². The fourth-order valence-corrected chi connectivity index (χ4v) is 3.87. The van der Waals surface area contributed by atoms with Crippen LogP contribution in [-0.4, -0.2) is 29.4 Å². The van der Waals surface area contributed by atoms with Crippen molar-refractivity contribution < 1.29 is 5.11 Å². The Morgan fingerprint density at radius 1 is 1.21 bits per heavy atom. The van der Waals surface area contributed by atoms with Gasteiger partial charge in [-0.05, 0) is 51.4 Å². The number of rotatable bonds is 3. The number of aliphatic hydroxyl groups is 1. The van der Waals surface area contributed by atoms with Crippen molar-refractivity contribution >= 4 is 11.2 Å². The summed E-state index contributed by atoms with van der Waals surface area (Å²) in [7, 11) is 3.42.